The maximum atomic E-state index is 13.6. The Morgan fingerprint density at radius 2 is 1.87 bits per heavy atom. The summed E-state index contributed by atoms with van der Waals surface area (Å²) in [6.45, 7) is 0.159. The largest absolute Gasteiger partial charge is 0.394 e. The summed E-state index contributed by atoms with van der Waals surface area (Å²) >= 11 is 0. The average molecular weight is 439 g/mol. The van der Waals surface area contributed by atoms with E-state index in [1.807, 2.05) is 0 Å². The Hall–Kier alpha value is -2.59. The van der Waals surface area contributed by atoms with E-state index in [0.29, 0.717) is 5.56 Å². The van der Waals surface area contributed by atoms with Crippen LogP contribution < -0.4 is 5.32 Å². The molecule has 3 atom stereocenters. The molecule has 162 valence electrons. The molecule has 1 heterocycles. The summed E-state index contributed by atoms with van der Waals surface area (Å²) < 4.78 is 52.1. The van der Waals surface area contributed by atoms with Crippen molar-refractivity contribution in [1.82, 2.24) is 9.78 Å². The molecule has 0 saturated heterocycles. The molecule has 1 unspecified atom stereocenters. The fraction of sp³-hybridized carbons (Fsp3) is 0.400. The topological polar surface area (TPSA) is 101 Å². The quantitative estimate of drug-likeness (QED) is 0.645. The number of nitrogens with zero attached hydrogens (tertiary/aromatic N) is 2. The van der Waals surface area contributed by atoms with Gasteiger partial charge in [-0.2, -0.15) is 5.10 Å². The Morgan fingerprint density at radius 1 is 1.23 bits per heavy atom. The van der Waals surface area contributed by atoms with Crippen molar-refractivity contribution in [2.45, 2.75) is 36.6 Å². The molecule has 0 aliphatic heterocycles. The molecule has 1 aromatic heterocycles. The molecule has 1 saturated carbocycles. The summed E-state index contributed by atoms with van der Waals surface area (Å²) in [5.74, 6) is -0.739. The van der Waals surface area contributed by atoms with Gasteiger partial charge in [0, 0.05) is 24.1 Å². The van der Waals surface area contributed by atoms with Crippen molar-refractivity contribution in [3.63, 3.8) is 0 Å². The lowest BCUT2D eigenvalue weighted by molar-refractivity contribution is -0.111. The zero-order valence-corrected chi connectivity index (χ0v) is 17.1. The van der Waals surface area contributed by atoms with Gasteiger partial charge in [-0.25, -0.2) is 17.2 Å². The summed E-state index contributed by atoms with van der Waals surface area (Å²) in [5, 5.41) is 15.7. The van der Waals surface area contributed by atoms with Crippen LogP contribution in [-0.4, -0.2) is 54.4 Å². The number of allylic oxidation sites excluding steroid dienone is 1. The molecule has 1 fully saturated rings. The smallest absolute Gasteiger partial charge is 0.257 e. The highest BCUT2D eigenvalue weighted by Crippen LogP contribution is 2.34. The molecule has 1 aliphatic carbocycles. The van der Waals surface area contributed by atoms with Crippen LogP contribution >= 0.6 is 0 Å². The summed E-state index contributed by atoms with van der Waals surface area (Å²) in [5.41, 5.74) is 0.602. The van der Waals surface area contributed by atoms with Crippen LogP contribution in [0.2, 0.25) is 0 Å². The van der Waals surface area contributed by atoms with Crippen LogP contribution in [0.5, 0.6) is 0 Å². The Labute approximate surface area is 173 Å². The molecule has 0 radical (unpaired) electrons. The third kappa shape index (κ3) is 5.31. The van der Waals surface area contributed by atoms with Crippen LogP contribution in [0.4, 0.5) is 14.6 Å². The van der Waals surface area contributed by atoms with Crippen molar-refractivity contribution < 1.29 is 27.1 Å². The minimum absolute atomic E-state index is 0.0233. The lowest BCUT2D eigenvalue weighted by Crippen LogP contribution is -2.16. The van der Waals surface area contributed by atoms with E-state index in [4.69, 9.17) is 5.11 Å². The van der Waals surface area contributed by atoms with E-state index in [1.54, 1.807) is 12.3 Å². The normalized spacial score (nSPS) is 22.3. The second-order valence-corrected chi connectivity index (χ2v) is 9.30. The van der Waals surface area contributed by atoms with Gasteiger partial charge in [-0.05, 0) is 36.5 Å². The van der Waals surface area contributed by atoms with E-state index >= 15 is 0 Å². The first-order chi connectivity index (χ1) is 14.2. The van der Waals surface area contributed by atoms with E-state index in [9.17, 15) is 22.0 Å². The number of anilines is 1. The Morgan fingerprint density at radius 3 is 2.43 bits per heavy atom. The predicted molar refractivity (Wildman–Crippen MR) is 108 cm³/mol. The molecular weight excluding hydrogens is 416 g/mol. The molecule has 30 heavy (non-hydrogen) atoms. The van der Waals surface area contributed by atoms with Gasteiger partial charge in [0.25, 0.3) is 5.91 Å². The lowest BCUT2D eigenvalue weighted by Gasteiger charge is -2.11. The van der Waals surface area contributed by atoms with Gasteiger partial charge in [-0.1, -0.05) is 18.2 Å². The molecule has 0 spiro atoms. The Bertz CT molecular complexity index is 1020. The lowest BCUT2D eigenvalue weighted by atomic mass is 9.98. The second-order valence-electron chi connectivity index (χ2n) is 7.28. The fourth-order valence-corrected chi connectivity index (χ4v) is 4.00. The molecule has 2 aromatic rings. The van der Waals surface area contributed by atoms with E-state index in [2.05, 4.69) is 10.4 Å². The molecule has 2 N–H and O–H groups in total. The molecule has 3 rings (SSSR count). The number of aliphatic hydroxyl groups excluding tert-OH is 1. The molecule has 1 amide bonds. The van der Waals surface area contributed by atoms with Crippen LogP contribution in [0.25, 0.3) is 5.57 Å². The van der Waals surface area contributed by atoms with Crippen molar-refractivity contribution in [2.24, 2.45) is 5.92 Å². The zero-order chi connectivity index (χ0) is 21.9. The highest BCUT2D eigenvalue weighted by atomic mass is 32.2. The predicted octanol–water partition coefficient (Wildman–Crippen LogP) is 2.39. The summed E-state index contributed by atoms with van der Waals surface area (Å²) in [6.07, 6.45) is 1.01. The fourth-order valence-electron chi connectivity index (χ4n) is 3.37. The second kappa shape index (κ2) is 9.05. The number of aliphatic hydroxyl groups is 1. The highest BCUT2D eigenvalue weighted by Gasteiger charge is 2.34. The first kappa shape index (κ1) is 22.1. The van der Waals surface area contributed by atoms with Crippen molar-refractivity contribution in [2.75, 3.05) is 18.2 Å². The third-order valence-electron chi connectivity index (χ3n) is 4.90. The summed E-state index contributed by atoms with van der Waals surface area (Å²) in [6, 6.07) is 7.29. The molecule has 1 aliphatic rings. The van der Waals surface area contributed by atoms with Gasteiger partial charge >= 0.3 is 0 Å². The van der Waals surface area contributed by atoms with Gasteiger partial charge in [0.1, 0.15) is 12.3 Å². The van der Waals surface area contributed by atoms with Gasteiger partial charge in [-0.3, -0.25) is 9.48 Å². The first-order valence-corrected chi connectivity index (χ1v) is 11.3. The molecule has 10 heteroatoms. The average Bonchev–Trinajstić information content (AvgIpc) is 3.25. The van der Waals surface area contributed by atoms with Gasteiger partial charge < -0.3 is 10.4 Å². The van der Waals surface area contributed by atoms with Crippen LogP contribution in [0, 0.1) is 5.92 Å². The number of carbonyl (C=O) groups excluding carboxylic acids is 1. The number of amides is 1. The van der Waals surface area contributed by atoms with Gasteiger partial charge in [0.15, 0.2) is 15.7 Å². The minimum Gasteiger partial charge on any atom is -0.394 e. The number of halogens is 2. The summed E-state index contributed by atoms with van der Waals surface area (Å²) in [7, 11) is -3.41. The van der Waals surface area contributed by atoms with Crippen LogP contribution in [-0.2, 0) is 21.2 Å². The number of benzene rings is 1. The van der Waals surface area contributed by atoms with E-state index in [0.717, 1.165) is 6.26 Å². The number of aromatic nitrogens is 2. The van der Waals surface area contributed by atoms with E-state index in [-0.39, 0.29) is 42.3 Å². The Balaban J connectivity index is 1.89. The zero-order valence-electron chi connectivity index (χ0n) is 16.3. The van der Waals surface area contributed by atoms with Gasteiger partial charge in [0.05, 0.1) is 18.0 Å². The highest BCUT2D eigenvalue weighted by molar-refractivity contribution is 7.90. The number of alkyl halides is 2. The molecule has 0 bridgehead atoms. The van der Waals surface area contributed by atoms with Gasteiger partial charge in [-0.15, -0.1) is 0 Å². The molecular formula is C20H23F2N3O4S. The SMILES string of the molecule is CS(=O)(=O)c1ccc(/C(=C\C2C[C@@H](F)[C@@H](F)C2)C(=O)Nc2ccn(CCO)n2)cc1. The first-order valence-electron chi connectivity index (χ1n) is 9.43. The van der Waals surface area contributed by atoms with Crippen LogP contribution in [0.15, 0.2) is 47.5 Å². The van der Waals surface area contributed by atoms with Crippen molar-refractivity contribution in [3.05, 3.63) is 48.2 Å². The summed E-state index contributed by atoms with van der Waals surface area (Å²) in [4.78, 5) is 13.0. The number of hydrogen-bond acceptors (Lipinski definition) is 5. The van der Waals surface area contributed by atoms with Crippen molar-refractivity contribution in [3.8, 4) is 0 Å². The minimum atomic E-state index is -3.41. The standard InChI is InChI=1S/C20H23F2N3O4S/c1-30(28,29)15-4-2-14(3-5-15)16(10-13-11-17(21)18(22)12-13)20(27)23-19-6-7-25(24-19)8-9-26/h2-7,10,13,17-18,26H,8-9,11-12H2,1H3,(H,23,24,27)/b16-10+/t13?,17-,18+. The maximum absolute atomic E-state index is 13.6. The van der Waals surface area contributed by atoms with Crippen molar-refractivity contribution in [1.29, 1.82) is 0 Å². The number of rotatable bonds is 7. The number of sulfone groups is 1. The third-order valence-corrected chi connectivity index (χ3v) is 6.03. The van der Waals surface area contributed by atoms with Crippen LogP contribution in [0.3, 0.4) is 0 Å². The van der Waals surface area contributed by atoms with Crippen LogP contribution in [0.1, 0.15) is 18.4 Å². The van der Waals surface area contributed by atoms with E-state index < -0.39 is 34.0 Å². The van der Waals surface area contributed by atoms with E-state index in [1.165, 1.54) is 35.0 Å². The number of nitrogens with one attached hydrogen (secondary N) is 1. The monoisotopic (exact) mass is 439 g/mol. The molecule has 1 aromatic carbocycles. The van der Waals surface area contributed by atoms with Crippen molar-refractivity contribution >= 4 is 27.1 Å². The Kier molecular flexibility index (Phi) is 6.67. The maximum Gasteiger partial charge on any atom is 0.257 e. The van der Waals surface area contributed by atoms with Gasteiger partial charge in [0.2, 0.25) is 0 Å². The molecule has 7 nitrogen and oxygen atoms in total. The number of hydrogen-bond donors (Lipinski definition) is 2. The number of carbonyl (C=O) groups is 1.